The molecule has 4 atom stereocenters. The molecule has 0 amide bonds. The molecule has 2 rings (SSSR count). The molecule has 0 unspecified atom stereocenters. The third-order valence-electron chi connectivity index (χ3n) is 3.35. The standard InChI is InChI=1S/C14H18FNO3/c15-7-10-6-11(13(18)14(19)12(10)17)16-8-9-4-2-1-3-5-9/h1-6,11-14,16-19H,7-8H2/t11-,12+,13+,14+/m1/s1. The highest BCUT2D eigenvalue weighted by Gasteiger charge is 2.36. The first kappa shape index (κ1) is 14.1. The van der Waals surface area contributed by atoms with Crippen molar-refractivity contribution in [2.75, 3.05) is 6.67 Å². The van der Waals surface area contributed by atoms with Crippen LogP contribution in [-0.2, 0) is 6.54 Å². The van der Waals surface area contributed by atoms with E-state index in [2.05, 4.69) is 5.32 Å². The van der Waals surface area contributed by atoms with Crippen LogP contribution in [0.4, 0.5) is 4.39 Å². The molecular weight excluding hydrogens is 249 g/mol. The summed E-state index contributed by atoms with van der Waals surface area (Å²) in [6.45, 7) is -0.351. The van der Waals surface area contributed by atoms with Crippen molar-refractivity contribution in [2.45, 2.75) is 30.9 Å². The van der Waals surface area contributed by atoms with Crippen molar-refractivity contribution >= 4 is 0 Å². The van der Waals surface area contributed by atoms with Crippen LogP contribution in [0.25, 0.3) is 0 Å². The lowest BCUT2D eigenvalue weighted by molar-refractivity contribution is -0.0631. The zero-order valence-electron chi connectivity index (χ0n) is 10.4. The van der Waals surface area contributed by atoms with Crippen LogP contribution in [0.5, 0.6) is 0 Å². The van der Waals surface area contributed by atoms with Gasteiger partial charge in [-0.1, -0.05) is 36.4 Å². The van der Waals surface area contributed by atoms with Gasteiger partial charge in [-0.2, -0.15) is 0 Å². The van der Waals surface area contributed by atoms with Gasteiger partial charge in [0.2, 0.25) is 0 Å². The Kier molecular flexibility index (Phi) is 4.66. The van der Waals surface area contributed by atoms with Crippen LogP contribution >= 0.6 is 0 Å². The lowest BCUT2D eigenvalue weighted by atomic mass is 9.88. The Bertz CT molecular complexity index is 438. The summed E-state index contributed by atoms with van der Waals surface area (Å²) in [7, 11) is 0. The predicted molar refractivity (Wildman–Crippen MR) is 69.1 cm³/mol. The van der Waals surface area contributed by atoms with Crippen LogP contribution in [-0.4, -0.2) is 46.3 Å². The average Bonchev–Trinajstić information content (AvgIpc) is 2.45. The minimum absolute atomic E-state index is 0.100. The zero-order valence-corrected chi connectivity index (χ0v) is 10.4. The molecule has 104 valence electrons. The summed E-state index contributed by atoms with van der Waals surface area (Å²) >= 11 is 0. The topological polar surface area (TPSA) is 72.7 Å². The quantitative estimate of drug-likeness (QED) is 0.585. The number of hydrogen-bond donors (Lipinski definition) is 4. The summed E-state index contributed by atoms with van der Waals surface area (Å²) in [6, 6.07) is 8.97. The van der Waals surface area contributed by atoms with Gasteiger partial charge in [0.05, 0.1) is 6.04 Å². The van der Waals surface area contributed by atoms with Gasteiger partial charge in [0, 0.05) is 6.54 Å². The fraction of sp³-hybridized carbons (Fsp3) is 0.429. The van der Waals surface area contributed by atoms with Crippen molar-refractivity contribution in [2.24, 2.45) is 0 Å². The summed E-state index contributed by atoms with van der Waals surface area (Å²) in [5.41, 5.74) is 1.12. The highest BCUT2D eigenvalue weighted by Crippen LogP contribution is 2.21. The maximum atomic E-state index is 12.7. The van der Waals surface area contributed by atoms with Crippen LogP contribution in [0.3, 0.4) is 0 Å². The molecule has 19 heavy (non-hydrogen) atoms. The summed E-state index contributed by atoms with van der Waals surface area (Å²) in [4.78, 5) is 0. The van der Waals surface area contributed by atoms with E-state index in [0.717, 1.165) is 5.56 Å². The number of rotatable bonds is 4. The van der Waals surface area contributed by atoms with Crippen LogP contribution in [0.1, 0.15) is 5.56 Å². The Morgan fingerprint density at radius 1 is 1.05 bits per heavy atom. The Balaban J connectivity index is 2.04. The largest absolute Gasteiger partial charge is 0.388 e. The molecule has 5 heteroatoms. The molecule has 0 spiro atoms. The molecule has 0 heterocycles. The van der Waals surface area contributed by atoms with Gasteiger partial charge >= 0.3 is 0 Å². The van der Waals surface area contributed by atoms with Crippen molar-refractivity contribution in [3.63, 3.8) is 0 Å². The lowest BCUT2D eigenvalue weighted by Gasteiger charge is -2.34. The van der Waals surface area contributed by atoms with Gasteiger partial charge in [0.1, 0.15) is 25.0 Å². The summed E-state index contributed by atoms with van der Waals surface area (Å²) < 4.78 is 12.7. The van der Waals surface area contributed by atoms with E-state index in [-0.39, 0.29) is 5.57 Å². The second-order valence-corrected chi connectivity index (χ2v) is 4.69. The molecule has 0 aromatic heterocycles. The van der Waals surface area contributed by atoms with Crippen LogP contribution in [0, 0.1) is 0 Å². The lowest BCUT2D eigenvalue weighted by Crippen LogP contribution is -2.53. The van der Waals surface area contributed by atoms with Gasteiger partial charge in [0.25, 0.3) is 0 Å². The Labute approximate surface area is 111 Å². The van der Waals surface area contributed by atoms with Gasteiger partial charge in [-0.25, -0.2) is 4.39 Å². The van der Waals surface area contributed by atoms with E-state index in [1.807, 2.05) is 30.3 Å². The molecule has 0 bridgehead atoms. The Hall–Kier alpha value is -1.27. The Morgan fingerprint density at radius 3 is 2.37 bits per heavy atom. The molecule has 1 aliphatic carbocycles. The number of benzene rings is 1. The van der Waals surface area contributed by atoms with Crippen molar-refractivity contribution in [3.05, 3.63) is 47.5 Å². The highest BCUT2D eigenvalue weighted by molar-refractivity contribution is 5.22. The maximum absolute atomic E-state index is 12.7. The number of nitrogens with one attached hydrogen (secondary N) is 1. The van der Waals surface area contributed by atoms with Gasteiger partial charge in [-0.05, 0) is 11.1 Å². The fourth-order valence-electron chi connectivity index (χ4n) is 2.18. The number of aliphatic hydroxyl groups excluding tert-OH is 3. The van der Waals surface area contributed by atoms with Crippen molar-refractivity contribution in [1.82, 2.24) is 5.32 Å². The monoisotopic (exact) mass is 267 g/mol. The predicted octanol–water partition coefficient (Wildman–Crippen LogP) is 0.137. The van der Waals surface area contributed by atoms with E-state index in [4.69, 9.17) is 0 Å². The first-order chi connectivity index (χ1) is 9.13. The summed E-state index contributed by atoms with van der Waals surface area (Å²) in [5.74, 6) is 0. The van der Waals surface area contributed by atoms with Crippen LogP contribution < -0.4 is 5.32 Å². The van der Waals surface area contributed by atoms with E-state index in [9.17, 15) is 19.7 Å². The third-order valence-corrected chi connectivity index (χ3v) is 3.35. The van der Waals surface area contributed by atoms with Gasteiger partial charge < -0.3 is 20.6 Å². The number of alkyl halides is 1. The molecule has 0 radical (unpaired) electrons. The molecule has 0 fully saturated rings. The van der Waals surface area contributed by atoms with Crippen LogP contribution in [0.2, 0.25) is 0 Å². The first-order valence-electron chi connectivity index (χ1n) is 6.21. The third kappa shape index (κ3) is 3.19. The second kappa shape index (κ2) is 6.25. The van der Waals surface area contributed by atoms with E-state index < -0.39 is 31.0 Å². The molecule has 0 saturated carbocycles. The molecule has 0 aliphatic heterocycles. The van der Waals surface area contributed by atoms with E-state index in [1.54, 1.807) is 0 Å². The van der Waals surface area contributed by atoms with E-state index in [0.29, 0.717) is 6.54 Å². The molecule has 1 aromatic rings. The van der Waals surface area contributed by atoms with E-state index in [1.165, 1.54) is 6.08 Å². The fourth-order valence-corrected chi connectivity index (χ4v) is 2.18. The van der Waals surface area contributed by atoms with Crippen LogP contribution in [0.15, 0.2) is 42.0 Å². The highest BCUT2D eigenvalue weighted by atomic mass is 19.1. The summed E-state index contributed by atoms with van der Waals surface area (Å²) in [6.07, 6.45) is -2.42. The average molecular weight is 267 g/mol. The first-order valence-corrected chi connectivity index (χ1v) is 6.21. The number of aliphatic hydroxyl groups is 3. The number of halogens is 1. The Morgan fingerprint density at radius 2 is 1.74 bits per heavy atom. The minimum Gasteiger partial charge on any atom is -0.388 e. The minimum atomic E-state index is -1.37. The smallest absolute Gasteiger partial charge is 0.113 e. The zero-order chi connectivity index (χ0) is 13.8. The summed E-state index contributed by atoms with van der Waals surface area (Å²) in [5, 5.41) is 32.1. The van der Waals surface area contributed by atoms with Gasteiger partial charge in [-0.15, -0.1) is 0 Å². The maximum Gasteiger partial charge on any atom is 0.113 e. The molecule has 0 saturated heterocycles. The van der Waals surface area contributed by atoms with Gasteiger partial charge in [0.15, 0.2) is 0 Å². The molecule has 1 aromatic carbocycles. The van der Waals surface area contributed by atoms with Crippen molar-refractivity contribution in [3.8, 4) is 0 Å². The van der Waals surface area contributed by atoms with Crippen molar-refractivity contribution in [1.29, 1.82) is 0 Å². The SMILES string of the molecule is O[C@@H]1[C@@H](O)[C@@H](O)C(CF)=C[C@H]1NCc1ccccc1. The van der Waals surface area contributed by atoms with Crippen molar-refractivity contribution < 1.29 is 19.7 Å². The second-order valence-electron chi connectivity index (χ2n) is 4.69. The molecule has 1 aliphatic rings. The van der Waals surface area contributed by atoms with Gasteiger partial charge in [-0.3, -0.25) is 0 Å². The van der Waals surface area contributed by atoms with E-state index >= 15 is 0 Å². The normalized spacial score (nSPS) is 31.1. The molecule has 4 N–H and O–H groups in total. The molecule has 4 nitrogen and oxygen atoms in total. The molecular formula is C14H18FNO3. The number of hydrogen-bond acceptors (Lipinski definition) is 4.